The van der Waals surface area contributed by atoms with E-state index in [4.69, 9.17) is 4.74 Å². The number of pyridine rings is 1. The van der Waals surface area contributed by atoms with E-state index in [1.807, 2.05) is 12.1 Å². The van der Waals surface area contributed by atoms with E-state index in [0.29, 0.717) is 0 Å². The van der Waals surface area contributed by atoms with Crippen molar-refractivity contribution >= 4 is 10.9 Å². The molecule has 0 spiro atoms. The largest absolute Gasteiger partial charge is 0.490 e. The molecule has 1 heterocycles. The number of rotatable bonds is 4. The maximum absolute atomic E-state index is 5.43. The van der Waals surface area contributed by atoms with Gasteiger partial charge in [-0.2, -0.15) is 4.57 Å². The lowest BCUT2D eigenvalue weighted by Crippen LogP contribution is -2.34. The van der Waals surface area contributed by atoms with E-state index >= 15 is 0 Å². The Balaban J connectivity index is 2.54. The molecule has 0 saturated carbocycles. The first-order valence-corrected chi connectivity index (χ1v) is 5.82. The lowest BCUT2D eigenvalue weighted by Gasteiger charge is -2.04. The molecule has 0 aliphatic heterocycles. The van der Waals surface area contributed by atoms with Crippen molar-refractivity contribution in [3.63, 3.8) is 0 Å². The van der Waals surface area contributed by atoms with Crippen molar-refractivity contribution in [1.82, 2.24) is 0 Å². The standard InChI is InChI=1S/C14H18NO/c1-3-4-10-15-11-6-8-12-7-5-9-13(16-2)14(12)15/h5-9,11H,3-4,10H2,1-2H3/q+1. The van der Waals surface area contributed by atoms with Crippen LogP contribution in [0.15, 0.2) is 36.5 Å². The number of hydrogen-bond donors (Lipinski definition) is 0. The summed E-state index contributed by atoms with van der Waals surface area (Å²) in [6, 6.07) is 10.4. The maximum atomic E-state index is 5.43. The minimum absolute atomic E-state index is 0.953. The second-order valence-corrected chi connectivity index (χ2v) is 3.95. The van der Waals surface area contributed by atoms with Gasteiger partial charge in [-0.05, 0) is 18.2 Å². The Kier molecular flexibility index (Phi) is 3.40. The van der Waals surface area contributed by atoms with Crippen LogP contribution in [0, 0.1) is 0 Å². The van der Waals surface area contributed by atoms with E-state index in [9.17, 15) is 0 Å². The smallest absolute Gasteiger partial charge is 0.254 e. The average molecular weight is 216 g/mol. The normalized spacial score (nSPS) is 10.6. The predicted octanol–water partition coefficient (Wildman–Crippen LogP) is 2.94. The molecular weight excluding hydrogens is 198 g/mol. The molecule has 0 amide bonds. The van der Waals surface area contributed by atoms with Crippen LogP contribution in [0.25, 0.3) is 10.9 Å². The molecule has 0 atom stereocenters. The first-order chi connectivity index (χ1) is 7.86. The van der Waals surface area contributed by atoms with Crippen molar-refractivity contribution in [3.05, 3.63) is 36.5 Å². The van der Waals surface area contributed by atoms with Gasteiger partial charge in [-0.1, -0.05) is 19.4 Å². The molecule has 0 bridgehead atoms. The first-order valence-electron chi connectivity index (χ1n) is 5.82. The van der Waals surface area contributed by atoms with Crippen molar-refractivity contribution < 1.29 is 9.30 Å². The Bertz CT molecular complexity index is 474. The van der Waals surface area contributed by atoms with Gasteiger partial charge < -0.3 is 4.74 Å². The lowest BCUT2D eigenvalue weighted by molar-refractivity contribution is -0.672. The van der Waals surface area contributed by atoms with Crippen LogP contribution in [0.2, 0.25) is 0 Å². The van der Waals surface area contributed by atoms with Crippen LogP contribution in [0.1, 0.15) is 19.8 Å². The Morgan fingerprint density at radius 3 is 2.75 bits per heavy atom. The highest BCUT2D eigenvalue weighted by atomic mass is 16.5. The van der Waals surface area contributed by atoms with Crippen molar-refractivity contribution in [2.45, 2.75) is 26.3 Å². The molecule has 0 aliphatic carbocycles. The minimum Gasteiger partial charge on any atom is -0.490 e. The number of ether oxygens (including phenoxy) is 1. The molecule has 0 fully saturated rings. The van der Waals surface area contributed by atoms with Gasteiger partial charge in [0.05, 0.1) is 12.5 Å². The summed E-state index contributed by atoms with van der Waals surface area (Å²) in [4.78, 5) is 0. The van der Waals surface area contributed by atoms with Crippen molar-refractivity contribution in [2.75, 3.05) is 7.11 Å². The van der Waals surface area contributed by atoms with Crippen molar-refractivity contribution in [3.8, 4) is 5.75 Å². The number of hydrogen-bond acceptors (Lipinski definition) is 1. The van der Waals surface area contributed by atoms with Crippen molar-refractivity contribution in [2.24, 2.45) is 0 Å². The zero-order valence-corrected chi connectivity index (χ0v) is 9.94. The third-order valence-corrected chi connectivity index (χ3v) is 2.83. The van der Waals surface area contributed by atoms with Gasteiger partial charge in [0.2, 0.25) is 0 Å². The highest BCUT2D eigenvalue weighted by Crippen LogP contribution is 2.21. The van der Waals surface area contributed by atoms with E-state index in [2.05, 4.69) is 35.9 Å². The van der Waals surface area contributed by atoms with Crippen LogP contribution in [0.4, 0.5) is 0 Å². The van der Waals surface area contributed by atoms with Gasteiger partial charge in [-0.15, -0.1) is 0 Å². The van der Waals surface area contributed by atoms with Gasteiger partial charge >= 0.3 is 0 Å². The summed E-state index contributed by atoms with van der Waals surface area (Å²) in [5.74, 6) is 0.953. The molecule has 1 aromatic carbocycles. The fourth-order valence-electron chi connectivity index (χ4n) is 1.99. The predicted molar refractivity (Wildman–Crippen MR) is 65.6 cm³/mol. The number of aryl methyl sites for hydroxylation is 1. The van der Waals surface area contributed by atoms with Gasteiger partial charge in [0.25, 0.3) is 5.52 Å². The fourth-order valence-corrected chi connectivity index (χ4v) is 1.99. The van der Waals surface area contributed by atoms with E-state index in [-0.39, 0.29) is 0 Å². The number of fused-ring (bicyclic) bond motifs is 1. The first kappa shape index (κ1) is 10.9. The summed E-state index contributed by atoms with van der Waals surface area (Å²) in [5.41, 5.74) is 1.20. The molecule has 0 saturated heterocycles. The molecule has 0 unspecified atom stereocenters. The lowest BCUT2D eigenvalue weighted by atomic mass is 10.2. The van der Waals surface area contributed by atoms with Crippen LogP contribution in [0.5, 0.6) is 5.75 Å². The molecule has 0 aliphatic rings. The Labute approximate surface area is 96.5 Å². The summed E-state index contributed by atoms with van der Waals surface area (Å²) in [5, 5.41) is 1.23. The topological polar surface area (TPSA) is 13.1 Å². The van der Waals surface area contributed by atoms with Gasteiger partial charge in [0, 0.05) is 12.5 Å². The highest BCUT2D eigenvalue weighted by molar-refractivity contribution is 5.81. The van der Waals surface area contributed by atoms with E-state index in [0.717, 1.165) is 12.3 Å². The molecule has 2 aromatic rings. The van der Waals surface area contributed by atoms with Crippen LogP contribution in [0.3, 0.4) is 0 Å². The van der Waals surface area contributed by atoms with Crippen LogP contribution < -0.4 is 9.30 Å². The average Bonchev–Trinajstić information content (AvgIpc) is 2.35. The number of para-hydroxylation sites is 1. The van der Waals surface area contributed by atoms with Gasteiger partial charge in [-0.3, -0.25) is 0 Å². The molecule has 2 rings (SSSR count). The number of nitrogens with zero attached hydrogens (tertiary/aromatic N) is 1. The van der Waals surface area contributed by atoms with Crippen LogP contribution in [-0.4, -0.2) is 7.11 Å². The van der Waals surface area contributed by atoms with Gasteiger partial charge in [-0.25, -0.2) is 0 Å². The molecule has 2 heteroatoms. The molecule has 0 radical (unpaired) electrons. The Hall–Kier alpha value is -1.57. The van der Waals surface area contributed by atoms with E-state index < -0.39 is 0 Å². The van der Waals surface area contributed by atoms with Gasteiger partial charge in [0.1, 0.15) is 6.54 Å². The molecular formula is C14H18NO+. The molecule has 1 aromatic heterocycles. The number of methoxy groups -OCH3 is 1. The zero-order chi connectivity index (χ0) is 11.4. The number of unbranched alkanes of at least 4 members (excludes halogenated alkanes) is 1. The number of benzene rings is 1. The quantitative estimate of drug-likeness (QED) is 0.716. The van der Waals surface area contributed by atoms with Crippen LogP contribution >= 0.6 is 0 Å². The van der Waals surface area contributed by atoms with Crippen LogP contribution in [-0.2, 0) is 6.54 Å². The third-order valence-electron chi connectivity index (χ3n) is 2.83. The summed E-state index contributed by atoms with van der Waals surface area (Å²) in [6.07, 6.45) is 4.53. The summed E-state index contributed by atoms with van der Waals surface area (Å²) >= 11 is 0. The summed E-state index contributed by atoms with van der Waals surface area (Å²) < 4.78 is 7.70. The molecule has 0 N–H and O–H groups in total. The SMILES string of the molecule is CCCC[n+]1cccc2cccc(OC)c21. The minimum atomic E-state index is 0.953. The monoisotopic (exact) mass is 216 g/mol. The molecule has 16 heavy (non-hydrogen) atoms. The summed E-state index contributed by atoms with van der Waals surface area (Å²) in [6.45, 7) is 3.26. The Morgan fingerprint density at radius 1 is 1.19 bits per heavy atom. The zero-order valence-electron chi connectivity index (χ0n) is 9.94. The second kappa shape index (κ2) is 4.97. The van der Waals surface area contributed by atoms with Gasteiger partial charge in [0.15, 0.2) is 11.9 Å². The summed E-state index contributed by atoms with van der Waals surface area (Å²) in [7, 11) is 1.73. The Morgan fingerprint density at radius 2 is 2.00 bits per heavy atom. The molecule has 84 valence electrons. The second-order valence-electron chi connectivity index (χ2n) is 3.95. The molecule has 2 nitrogen and oxygen atoms in total. The van der Waals surface area contributed by atoms with Crippen molar-refractivity contribution in [1.29, 1.82) is 0 Å². The fraction of sp³-hybridized carbons (Fsp3) is 0.357. The van der Waals surface area contributed by atoms with E-state index in [1.54, 1.807) is 7.11 Å². The third kappa shape index (κ3) is 2.01. The van der Waals surface area contributed by atoms with E-state index in [1.165, 1.54) is 23.7 Å². The highest BCUT2D eigenvalue weighted by Gasteiger charge is 2.12. The maximum Gasteiger partial charge on any atom is 0.254 e. The number of aromatic nitrogens is 1.